The Morgan fingerprint density at radius 1 is 1.53 bits per heavy atom. The van der Waals surface area contributed by atoms with Gasteiger partial charge in [0.05, 0.1) is 11.3 Å². The summed E-state index contributed by atoms with van der Waals surface area (Å²) in [6.45, 7) is 1.90. The molecule has 19 heavy (non-hydrogen) atoms. The molecule has 1 unspecified atom stereocenters. The summed E-state index contributed by atoms with van der Waals surface area (Å²) in [5.41, 5.74) is 7.06. The molecule has 0 saturated carbocycles. The molecule has 1 aromatic carbocycles. The number of piperidine rings is 1. The van der Waals surface area contributed by atoms with Crippen LogP contribution in [0.1, 0.15) is 29.6 Å². The molecule has 1 amide bonds. The smallest absolute Gasteiger partial charge is 0.251 e. The molecule has 0 radical (unpaired) electrons. The highest BCUT2D eigenvalue weighted by Crippen LogP contribution is 2.31. The Labute approximate surface area is 122 Å². The van der Waals surface area contributed by atoms with E-state index in [0.717, 1.165) is 36.1 Å². The summed E-state index contributed by atoms with van der Waals surface area (Å²) in [6, 6.07) is 6.22. The molecule has 5 heteroatoms. The number of carbonyl (C=O) groups is 1. The van der Waals surface area contributed by atoms with Gasteiger partial charge in [0, 0.05) is 23.6 Å². The lowest BCUT2D eigenvalue weighted by Gasteiger charge is -2.38. The molecule has 1 fully saturated rings. The van der Waals surface area contributed by atoms with Crippen molar-refractivity contribution in [3.63, 3.8) is 0 Å². The number of hydrogen-bond donors (Lipinski definition) is 2. The topological polar surface area (TPSA) is 58.4 Å². The second kappa shape index (κ2) is 6.39. The molecule has 4 nitrogen and oxygen atoms in total. The van der Waals surface area contributed by atoms with Crippen molar-refractivity contribution in [2.45, 2.75) is 25.3 Å². The minimum absolute atomic E-state index is 0.378. The normalized spacial score (nSPS) is 19.5. The number of anilines is 1. The number of amides is 1. The average molecular weight is 326 g/mol. The fourth-order valence-corrected chi connectivity index (χ4v) is 3.31. The Hall–Kier alpha value is -1.07. The zero-order valence-corrected chi connectivity index (χ0v) is 12.7. The quantitative estimate of drug-likeness (QED) is 0.891. The Morgan fingerprint density at radius 2 is 2.32 bits per heavy atom. The van der Waals surface area contributed by atoms with Crippen LogP contribution in [0.25, 0.3) is 0 Å². The monoisotopic (exact) mass is 325 g/mol. The van der Waals surface area contributed by atoms with Crippen LogP contribution >= 0.6 is 15.9 Å². The van der Waals surface area contributed by atoms with Crippen molar-refractivity contribution in [1.82, 2.24) is 5.32 Å². The highest BCUT2D eigenvalue weighted by molar-refractivity contribution is 9.10. The molecule has 2 rings (SSSR count). The molecule has 1 atom stereocenters. The largest absolute Gasteiger partial charge is 0.367 e. The van der Waals surface area contributed by atoms with Gasteiger partial charge in [0.15, 0.2) is 0 Å². The van der Waals surface area contributed by atoms with Crippen LogP contribution in [0, 0.1) is 0 Å². The Balaban J connectivity index is 2.38. The molecule has 1 saturated heterocycles. The zero-order valence-electron chi connectivity index (χ0n) is 11.2. The van der Waals surface area contributed by atoms with E-state index in [4.69, 9.17) is 5.73 Å². The third-order valence-corrected chi connectivity index (χ3v) is 4.28. The van der Waals surface area contributed by atoms with Gasteiger partial charge in [0.25, 0.3) is 5.91 Å². The van der Waals surface area contributed by atoms with E-state index in [9.17, 15) is 4.79 Å². The van der Waals surface area contributed by atoms with E-state index in [0.29, 0.717) is 11.6 Å². The van der Waals surface area contributed by atoms with Gasteiger partial charge in [0.2, 0.25) is 0 Å². The zero-order chi connectivity index (χ0) is 13.8. The number of rotatable bonds is 4. The van der Waals surface area contributed by atoms with Crippen molar-refractivity contribution < 1.29 is 4.79 Å². The van der Waals surface area contributed by atoms with Crippen LogP contribution < -0.4 is 16.0 Å². The van der Waals surface area contributed by atoms with Crippen LogP contribution in [0.4, 0.5) is 5.69 Å². The van der Waals surface area contributed by atoms with E-state index in [2.05, 4.69) is 26.1 Å². The van der Waals surface area contributed by atoms with Gasteiger partial charge in [-0.25, -0.2) is 0 Å². The van der Waals surface area contributed by atoms with Gasteiger partial charge < -0.3 is 16.0 Å². The van der Waals surface area contributed by atoms with E-state index < -0.39 is 0 Å². The van der Waals surface area contributed by atoms with E-state index in [1.54, 1.807) is 0 Å². The number of primary amides is 1. The van der Waals surface area contributed by atoms with E-state index in [-0.39, 0.29) is 5.91 Å². The molecule has 0 aromatic heterocycles. The van der Waals surface area contributed by atoms with Gasteiger partial charge in [0.1, 0.15) is 0 Å². The van der Waals surface area contributed by atoms with Crippen LogP contribution in [0.5, 0.6) is 0 Å². The number of nitrogens with zero attached hydrogens (tertiary/aromatic N) is 1. The fraction of sp³-hybridized carbons (Fsp3) is 0.500. The molecule has 1 aliphatic heterocycles. The molecule has 0 bridgehead atoms. The van der Waals surface area contributed by atoms with Gasteiger partial charge in [-0.3, -0.25) is 4.79 Å². The van der Waals surface area contributed by atoms with Crippen molar-refractivity contribution >= 4 is 27.5 Å². The van der Waals surface area contributed by atoms with Crippen LogP contribution in [0.2, 0.25) is 0 Å². The predicted octanol–water partition coefficient (Wildman–Crippen LogP) is 2.13. The van der Waals surface area contributed by atoms with E-state index in [1.807, 2.05) is 25.2 Å². The first-order valence-electron chi connectivity index (χ1n) is 6.64. The Morgan fingerprint density at radius 3 is 3.00 bits per heavy atom. The highest BCUT2D eigenvalue weighted by Gasteiger charge is 2.25. The third-order valence-electron chi connectivity index (χ3n) is 3.61. The van der Waals surface area contributed by atoms with Crippen molar-refractivity contribution in [1.29, 1.82) is 0 Å². The Bertz CT molecular complexity index is 462. The summed E-state index contributed by atoms with van der Waals surface area (Å²) < 4.78 is 0.770. The summed E-state index contributed by atoms with van der Waals surface area (Å²) in [7, 11) is 1.96. The van der Waals surface area contributed by atoms with Crippen LogP contribution in [0.15, 0.2) is 22.7 Å². The van der Waals surface area contributed by atoms with Crippen LogP contribution in [-0.2, 0) is 0 Å². The first kappa shape index (κ1) is 14.3. The fourth-order valence-electron chi connectivity index (χ4n) is 2.76. The van der Waals surface area contributed by atoms with Crippen molar-refractivity contribution in [2.24, 2.45) is 5.73 Å². The number of benzene rings is 1. The SMILES string of the molecule is CNCC1CCCCN1c1cccc(Br)c1C(N)=O. The molecule has 1 heterocycles. The lowest BCUT2D eigenvalue weighted by atomic mass is 9.99. The first-order chi connectivity index (χ1) is 9.15. The number of halogens is 1. The molecular formula is C14H20BrN3O. The maximum Gasteiger partial charge on any atom is 0.251 e. The minimum atomic E-state index is -0.378. The molecule has 0 aliphatic carbocycles. The number of hydrogen-bond acceptors (Lipinski definition) is 3. The van der Waals surface area contributed by atoms with Gasteiger partial charge in [-0.05, 0) is 54.4 Å². The van der Waals surface area contributed by atoms with Crippen molar-refractivity contribution in [3.05, 3.63) is 28.2 Å². The van der Waals surface area contributed by atoms with E-state index >= 15 is 0 Å². The second-order valence-corrected chi connectivity index (χ2v) is 5.75. The summed E-state index contributed by atoms with van der Waals surface area (Å²) >= 11 is 3.43. The van der Waals surface area contributed by atoms with E-state index in [1.165, 1.54) is 6.42 Å². The molecule has 1 aliphatic rings. The predicted molar refractivity (Wildman–Crippen MR) is 81.6 cm³/mol. The lowest BCUT2D eigenvalue weighted by molar-refractivity contribution is 0.1000. The van der Waals surface area contributed by atoms with Gasteiger partial charge in [-0.2, -0.15) is 0 Å². The summed E-state index contributed by atoms with van der Waals surface area (Å²) in [5.74, 6) is -0.378. The molecule has 0 spiro atoms. The van der Waals surface area contributed by atoms with Crippen LogP contribution in [0.3, 0.4) is 0 Å². The maximum atomic E-state index is 11.7. The number of likely N-dealkylation sites (N-methyl/N-ethyl adjacent to an activating group) is 1. The molecular weight excluding hydrogens is 306 g/mol. The summed E-state index contributed by atoms with van der Waals surface area (Å²) in [5, 5.41) is 3.23. The van der Waals surface area contributed by atoms with Gasteiger partial charge in [-0.1, -0.05) is 6.07 Å². The van der Waals surface area contributed by atoms with Gasteiger partial charge in [-0.15, -0.1) is 0 Å². The minimum Gasteiger partial charge on any atom is -0.367 e. The number of nitrogens with two attached hydrogens (primary N) is 1. The first-order valence-corrected chi connectivity index (χ1v) is 7.44. The average Bonchev–Trinajstić information content (AvgIpc) is 2.39. The number of nitrogens with one attached hydrogen (secondary N) is 1. The number of carbonyl (C=O) groups excluding carboxylic acids is 1. The second-order valence-electron chi connectivity index (χ2n) is 4.90. The molecule has 104 valence electrons. The standard InChI is InChI=1S/C14H20BrN3O/c1-17-9-10-5-2-3-8-18(10)12-7-4-6-11(15)13(12)14(16)19/h4,6-7,10,17H,2-3,5,8-9H2,1H3,(H2,16,19). The van der Waals surface area contributed by atoms with Crippen molar-refractivity contribution in [3.8, 4) is 0 Å². The molecule has 1 aromatic rings. The van der Waals surface area contributed by atoms with Crippen LogP contribution in [-0.4, -0.2) is 32.1 Å². The van der Waals surface area contributed by atoms with Crippen molar-refractivity contribution in [2.75, 3.05) is 25.0 Å². The highest BCUT2D eigenvalue weighted by atomic mass is 79.9. The maximum absolute atomic E-state index is 11.7. The van der Waals surface area contributed by atoms with Gasteiger partial charge >= 0.3 is 0 Å². The summed E-state index contributed by atoms with van der Waals surface area (Å²) in [6.07, 6.45) is 3.54. The third kappa shape index (κ3) is 3.09. The molecule has 3 N–H and O–H groups in total. The summed E-state index contributed by atoms with van der Waals surface area (Å²) in [4.78, 5) is 14.0. The Kier molecular flexibility index (Phi) is 4.82. The lowest BCUT2D eigenvalue weighted by Crippen LogP contribution is -2.45.